The average Bonchev–Trinajstić information content (AvgIpc) is 2.99. The Kier molecular flexibility index (Phi) is 3.83. The largest absolute Gasteiger partial charge is 0.311 e. The quantitative estimate of drug-likeness (QED) is 0.429. The van der Waals surface area contributed by atoms with Gasteiger partial charge in [-0.15, -0.1) is 0 Å². The van der Waals surface area contributed by atoms with Crippen molar-refractivity contribution in [2.75, 3.05) is 7.05 Å². The number of rotatable bonds is 3. The van der Waals surface area contributed by atoms with E-state index in [1.807, 2.05) is 0 Å². The molecule has 0 heterocycles. The first kappa shape index (κ1) is 10.9. The first-order chi connectivity index (χ1) is 6.67. The highest BCUT2D eigenvalue weighted by atomic mass is 35.5. The third kappa shape index (κ3) is 3.30. The normalized spacial score (nSPS) is 17.9. The van der Waals surface area contributed by atoms with Gasteiger partial charge in [-0.2, -0.15) is 0 Å². The van der Waals surface area contributed by atoms with Crippen molar-refractivity contribution < 1.29 is 4.79 Å². The SMILES string of the molecule is C=N/C(Cl)=C\C(=NC)NC(=O)C1CC1. The maximum absolute atomic E-state index is 11.3. The summed E-state index contributed by atoms with van der Waals surface area (Å²) in [6.45, 7) is 3.26. The molecule has 1 aliphatic carbocycles. The van der Waals surface area contributed by atoms with Gasteiger partial charge in [0, 0.05) is 19.0 Å². The van der Waals surface area contributed by atoms with Gasteiger partial charge in [-0.25, -0.2) is 0 Å². The molecular formula is C9H12ClN3O. The zero-order chi connectivity index (χ0) is 10.6. The Balaban J connectivity index is 2.54. The Bertz CT molecular complexity index is 305. The van der Waals surface area contributed by atoms with Crippen LogP contribution < -0.4 is 5.32 Å². The van der Waals surface area contributed by atoms with Crippen LogP contribution in [-0.4, -0.2) is 25.5 Å². The predicted octanol–water partition coefficient (Wildman–Crippen LogP) is 1.32. The molecule has 1 aliphatic rings. The first-order valence-electron chi connectivity index (χ1n) is 4.29. The summed E-state index contributed by atoms with van der Waals surface area (Å²) in [6, 6.07) is 0. The molecule has 0 spiro atoms. The summed E-state index contributed by atoms with van der Waals surface area (Å²) in [7, 11) is 1.58. The lowest BCUT2D eigenvalue weighted by molar-refractivity contribution is -0.120. The molecule has 14 heavy (non-hydrogen) atoms. The number of carbonyl (C=O) groups is 1. The van der Waals surface area contributed by atoms with Crippen molar-refractivity contribution in [3.05, 3.63) is 11.2 Å². The topological polar surface area (TPSA) is 53.8 Å². The molecule has 0 aliphatic heterocycles. The molecule has 0 unspecified atom stereocenters. The zero-order valence-electron chi connectivity index (χ0n) is 7.96. The third-order valence-corrected chi connectivity index (χ3v) is 2.08. The first-order valence-corrected chi connectivity index (χ1v) is 4.66. The van der Waals surface area contributed by atoms with E-state index in [1.54, 1.807) is 7.05 Å². The molecule has 4 nitrogen and oxygen atoms in total. The van der Waals surface area contributed by atoms with Gasteiger partial charge in [0.2, 0.25) is 5.91 Å². The monoisotopic (exact) mass is 213 g/mol. The molecule has 1 amide bonds. The highest BCUT2D eigenvalue weighted by Gasteiger charge is 2.29. The van der Waals surface area contributed by atoms with Gasteiger partial charge in [0.05, 0.1) is 0 Å². The highest BCUT2D eigenvalue weighted by Crippen LogP contribution is 2.28. The number of aliphatic imine (C=N–C) groups is 2. The number of carbonyl (C=O) groups excluding carboxylic acids is 1. The lowest BCUT2D eigenvalue weighted by Gasteiger charge is -2.02. The second kappa shape index (κ2) is 4.91. The van der Waals surface area contributed by atoms with E-state index in [4.69, 9.17) is 11.6 Å². The third-order valence-electron chi connectivity index (χ3n) is 1.85. The highest BCUT2D eigenvalue weighted by molar-refractivity contribution is 6.31. The van der Waals surface area contributed by atoms with E-state index in [2.05, 4.69) is 22.0 Å². The van der Waals surface area contributed by atoms with Gasteiger partial charge in [0.25, 0.3) is 0 Å². The molecule has 5 heteroatoms. The van der Waals surface area contributed by atoms with Gasteiger partial charge in [-0.3, -0.25) is 14.8 Å². The van der Waals surface area contributed by atoms with E-state index in [-0.39, 0.29) is 17.0 Å². The fourth-order valence-electron chi connectivity index (χ4n) is 0.889. The van der Waals surface area contributed by atoms with E-state index < -0.39 is 0 Å². The van der Waals surface area contributed by atoms with E-state index >= 15 is 0 Å². The van der Waals surface area contributed by atoms with Crippen LogP contribution in [-0.2, 0) is 4.79 Å². The maximum atomic E-state index is 11.3. The molecular weight excluding hydrogens is 202 g/mol. The number of nitrogens with zero attached hydrogens (tertiary/aromatic N) is 2. The Labute approximate surface area is 87.8 Å². The van der Waals surface area contributed by atoms with E-state index in [0.29, 0.717) is 5.84 Å². The van der Waals surface area contributed by atoms with E-state index in [0.717, 1.165) is 12.8 Å². The van der Waals surface area contributed by atoms with Crippen molar-refractivity contribution in [3.8, 4) is 0 Å². The zero-order valence-corrected chi connectivity index (χ0v) is 8.71. The molecule has 1 N–H and O–H groups in total. The fraction of sp³-hybridized carbons (Fsp3) is 0.444. The minimum atomic E-state index is -0.00428. The molecule has 1 saturated carbocycles. The van der Waals surface area contributed by atoms with E-state index in [9.17, 15) is 4.79 Å². The van der Waals surface area contributed by atoms with Crippen LogP contribution in [0.1, 0.15) is 12.8 Å². The lowest BCUT2D eigenvalue weighted by atomic mass is 10.4. The Morgan fingerprint density at radius 1 is 1.64 bits per heavy atom. The van der Waals surface area contributed by atoms with Crippen LogP contribution in [0.15, 0.2) is 21.2 Å². The summed E-state index contributed by atoms with van der Waals surface area (Å²) in [6.07, 6.45) is 3.38. The van der Waals surface area contributed by atoms with Crippen molar-refractivity contribution in [3.63, 3.8) is 0 Å². The summed E-state index contributed by atoms with van der Waals surface area (Å²) in [4.78, 5) is 18.7. The van der Waals surface area contributed by atoms with Gasteiger partial charge in [-0.1, -0.05) is 11.6 Å². The van der Waals surface area contributed by atoms with Crippen LogP contribution in [0.2, 0.25) is 0 Å². The number of hydrogen-bond donors (Lipinski definition) is 1. The average molecular weight is 214 g/mol. The van der Waals surface area contributed by atoms with Crippen molar-refractivity contribution >= 4 is 30.1 Å². The van der Waals surface area contributed by atoms with Crippen LogP contribution in [0.25, 0.3) is 0 Å². The number of nitrogens with one attached hydrogen (secondary N) is 1. The molecule has 1 rings (SSSR count). The van der Waals surface area contributed by atoms with Crippen LogP contribution in [0.4, 0.5) is 0 Å². The summed E-state index contributed by atoms with van der Waals surface area (Å²) < 4.78 is 0. The van der Waals surface area contributed by atoms with Crippen molar-refractivity contribution in [2.45, 2.75) is 12.8 Å². The molecule has 0 bridgehead atoms. The van der Waals surface area contributed by atoms with Crippen molar-refractivity contribution in [1.82, 2.24) is 5.32 Å². The van der Waals surface area contributed by atoms with Crippen LogP contribution in [0.5, 0.6) is 0 Å². The molecule has 0 saturated heterocycles. The second-order valence-corrected chi connectivity index (χ2v) is 3.38. The van der Waals surface area contributed by atoms with Crippen molar-refractivity contribution in [2.24, 2.45) is 15.9 Å². The van der Waals surface area contributed by atoms with Crippen LogP contribution in [0, 0.1) is 5.92 Å². The number of halogens is 1. The lowest BCUT2D eigenvalue weighted by Crippen LogP contribution is -2.30. The Morgan fingerprint density at radius 3 is 2.71 bits per heavy atom. The van der Waals surface area contributed by atoms with Crippen LogP contribution in [0.3, 0.4) is 0 Å². The van der Waals surface area contributed by atoms with Gasteiger partial charge < -0.3 is 5.32 Å². The predicted molar refractivity (Wildman–Crippen MR) is 57.7 cm³/mol. The van der Waals surface area contributed by atoms with Gasteiger partial charge in [-0.05, 0) is 19.6 Å². The fourth-order valence-corrected chi connectivity index (χ4v) is 0.992. The molecule has 0 aromatic heterocycles. The molecule has 0 radical (unpaired) electrons. The molecule has 0 aromatic rings. The number of amides is 1. The summed E-state index contributed by atoms with van der Waals surface area (Å²) >= 11 is 5.62. The summed E-state index contributed by atoms with van der Waals surface area (Å²) in [5.74, 6) is 0.560. The van der Waals surface area contributed by atoms with Gasteiger partial charge in [0.15, 0.2) is 0 Å². The molecule has 1 fully saturated rings. The maximum Gasteiger partial charge on any atom is 0.228 e. The second-order valence-electron chi connectivity index (χ2n) is 3.00. The molecule has 76 valence electrons. The van der Waals surface area contributed by atoms with Gasteiger partial charge >= 0.3 is 0 Å². The van der Waals surface area contributed by atoms with Crippen LogP contribution >= 0.6 is 11.6 Å². The minimum absolute atomic E-state index is 0.00428. The van der Waals surface area contributed by atoms with E-state index in [1.165, 1.54) is 6.08 Å². The summed E-state index contributed by atoms with van der Waals surface area (Å²) in [5.41, 5.74) is 0. The Morgan fingerprint density at radius 2 is 2.29 bits per heavy atom. The number of amidine groups is 1. The Hall–Kier alpha value is -1.16. The summed E-state index contributed by atoms with van der Waals surface area (Å²) in [5, 5.41) is 2.87. The van der Waals surface area contributed by atoms with Crippen molar-refractivity contribution in [1.29, 1.82) is 0 Å². The minimum Gasteiger partial charge on any atom is -0.311 e. The standard InChI is InChI=1S/C9H12ClN3O/c1-11-7(10)5-8(12-2)13-9(14)6-3-4-6/h5-6H,1,3-4H2,2H3,(H,12,13,14)/b7-5-. The van der Waals surface area contributed by atoms with Gasteiger partial charge in [0.1, 0.15) is 11.0 Å². The molecule has 0 atom stereocenters. The molecule has 0 aromatic carbocycles. The number of hydrogen-bond acceptors (Lipinski definition) is 3. The smallest absolute Gasteiger partial charge is 0.228 e.